The number of nitrogens with zero attached hydrogens (tertiary/aromatic N) is 3. The average molecular weight is 343 g/mol. The summed E-state index contributed by atoms with van der Waals surface area (Å²) in [6.07, 6.45) is 6.38. The second kappa shape index (κ2) is 8.68. The summed E-state index contributed by atoms with van der Waals surface area (Å²) in [6, 6.07) is 20.1. The molecule has 1 heterocycles. The van der Waals surface area contributed by atoms with Crippen molar-refractivity contribution in [1.29, 1.82) is 5.26 Å². The number of benzene rings is 2. The van der Waals surface area contributed by atoms with E-state index in [4.69, 9.17) is 4.74 Å². The SMILES string of the molecule is CCOc1ccc(N=CC2=CN(Cc3ccccc3)C=C(C#N)C2)cc1. The largest absolute Gasteiger partial charge is 0.494 e. The van der Waals surface area contributed by atoms with Gasteiger partial charge in [-0.3, -0.25) is 4.99 Å². The van der Waals surface area contributed by atoms with Crippen molar-refractivity contribution in [2.75, 3.05) is 6.61 Å². The molecule has 0 bridgehead atoms. The number of rotatable bonds is 6. The van der Waals surface area contributed by atoms with Gasteiger partial charge in [0.15, 0.2) is 0 Å². The van der Waals surface area contributed by atoms with Crippen LogP contribution in [-0.4, -0.2) is 17.7 Å². The normalized spacial score (nSPS) is 13.9. The third-order valence-corrected chi connectivity index (χ3v) is 3.93. The first-order chi connectivity index (χ1) is 12.8. The zero-order valence-corrected chi connectivity index (χ0v) is 14.8. The number of ether oxygens (including phenoxy) is 1. The van der Waals surface area contributed by atoms with Gasteiger partial charge in [-0.1, -0.05) is 30.3 Å². The van der Waals surface area contributed by atoms with Crippen LogP contribution in [0.5, 0.6) is 5.75 Å². The van der Waals surface area contributed by atoms with E-state index in [2.05, 4.69) is 23.2 Å². The van der Waals surface area contributed by atoms with Crippen LogP contribution in [0.15, 0.2) is 83.1 Å². The Morgan fingerprint density at radius 1 is 1.12 bits per heavy atom. The maximum absolute atomic E-state index is 9.33. The Labute approximate surface area is 154 Å². The van der Waals surface area contributed by atoms with Crippen LogP contribution < -0.4 is 4.74 Å². The Hall–Kier alpha value is -3.32. The van der Waals surface area contributed by atoms with Gasteiger partial charge in [-0.2, -0.15) is 5.26 Å². The molecular weight excluding hydrogens is 322 g/mol. The molecule has 2 aromatic rings. The molecule has 0 fully saturated rings. The molecule has 0 N–H and O–H groups in total. The molecule has 0 unspecified atom stereocenters. The Morgan fingerprint density at radius 2 is 1.88 bits per heavy atom. The molecular formula is C22H21N3O. The fourth-order valence-corrected chi connectivity index (χ4v) is 2.75. The average Bonchev–Trinajstić information content (AvgIpc) is 2.68. The molecule has 4 heteroatoms. The van der Waals surface area contributed by atoms with Crippen LogP contribution in [0.3, 0.4) is 0 Å². The lowest BCUT2D eigenvalue weighted by Crippen LogP contribution is -2.15. The van der Waals surface area contributed by atoms with Crippen molar-refractivity contribution in [2.24, 2.45) is 4.99 Å². The summed E-state index contributed by atoms with van der Waals surface area (Å²) in [5.74, 6) is 0.840. The number of hydrogen-bond donors (Lipinski definition) is 0. The standard InChI is InChI=1S/C22H21N3O/c1-2-26-22-10-8-21(9-11-22)24-14-20-12-19(13-23)16-25(17-20)15-18-6-4-3-5-7-18/h3-11,14,16-17H,2,12,15H2,1H3. The quantitative estimate of drug-likeness (QED) is 0.695. The Balaban J connectivity index is 1.72. The molecule has 0 aromatic heterocycles. The first-order valence-electron chi connectivity index (χ1n) is 8.65. The van der Waals surface area contributed by atoms with Crippen molar-refractivity contribution >= 4 is 11.9 Å². The molecule has 1 aliphatic heterocycles. The maximum Gasteiger partial charge on any atom is 0.119 e. The molecule has 0 amide bonds. The van der Waals surface area contributed by atoms with Crippen molar-refractivity contribution in [3.63, 3.8) is 0 Å². The summed E-state index contributed by atoms with van der Waals surface area (Å²) < 4.78 is 5.44. The summed E-state index contributed by atoms with van der Waals surface area (Å²) in [6.45, 7) is 3.34. The van der Waals surface area contributed by atoms with Crippen molar-refractivity contribution in [3.05, 3.63) is 83.7 Å². The highest BCUT2D eigenvalue weighted by Gasteiger charge is 2.11. The molecule has 0 atom stereocenters. The molecule has 4 nitrogen and oxygen atoms in total. The molecule has 0 radical (unpaired) electrons. The topological polar surface area (TPSA) is 48.6 Å². The zero-order valence-electron chi connectivity index (χ0n) is 14.8. The zero-order chi connectivity index (χ0) is 18.2. The number of hydrogen-bond acceptors (Lipinski definition) is 4. The lowest BCUT2D eigenvalue weighted by Gasteiger charge is -2.22. The van der Waals surface area contributed by atoms with E-state index in [1.54, 1.807) is 0 Å². The molecule has 26 heavy (non-hydrogen) atoms. The van der Waals surface area contributed by atoms with Crippen molar-refractivity contribution in [1.82, 2.24) is 4.90 Å². The Morgan fingerprint density at radius 3 is 2.58 bits per heavy atom. The van der Waals surface area contributed by atoms with Crippen LogP contribution in [0.25, 0.3) is 0 Å². The lowest BCUT2D eigenvalue weighted by molar-refractivity contribution is 0.340. The third-order valence-electron chi connectivity index (χ3n) is 3.93. The van der Waals surface area contributed by atoms with Gasteiger partial charge in [0, 0.05) is 31.6 Å². The predicted molar refractivity (Wildman–Crippen MR) is 104 cm³/mol. The molecule has 3 rings (SSSR count). The number of allylic oxidation sites excluding steroid dienone is 2. The van der Waals surface area contributed by atoms with Gasteiger partial charge in [0.05, 0.1) is 23.9 Å². The van der Waals surface area contributed by atoms with Gasteiger partial charge in [0.1, 0.15) is 5.75 Å². The van der Waals surface area contributed by atoms with E-state index in [9.17, 15) is 5.26 Å². The van der Waals surface area contributed by atoms with Crippen LogP contribution in [0.1, 0.15) is 18.9 Å². The van der Waals surface area contributed by atoms with E-state index in [0.29, 0.717) is 13.0 Å². The second-order valence-electron chi connectivity index (χ2n) is 5.99. The predicted octanol–water partition coefficient (Wildman–Crippen LogP) is 4.98. The van der Waals surface area contributed by atoms with Crippen LogP contribution in [-0.2, 0) is 6.54 Å². The molecule has 0 spiro atoms. The summed E-state index contributed by atoms with van der Waals surface area (Å²) in [7, 11) is 0. The van der Waals surface area contributed by atoms with Gasteiger partial charge in [0.25, 0.3) is 0 Å². The van der Waals surface area contributed by atoms with Gasteiger partial charge in [-0.05, 0) is 42.3 Å². The van der Waals surface area contributed by atoms with Crippen molar-refractivity contribution < 1.29 is 4.74 Å². The highest BCUT2D eigenvalue weighted by atomic mass is 16.5. The highest BCUT2D eigenvalue weighted by Crippen LogP contribution is 2.22. The van der Waals surface area contributed by atoms with Crippen molar-refractivity contribution in [3.8, 4) is 11.8 Å². The molecule has 0 aliphatic carbocycles. The highest BCUT2D eigenvalue weighted by molar-refractivity contribution is 5.82. The lowest BCUT2D eigenvalue weighted by atomic mass is 10.1. The Bertz CT molecular complexity index is 859. The first kappa shape index (κ1) is 17.5. The van der Waals surface area contributed by atoms with Crippen LogP contribution in [0.4, 0.5) is 5.69 Å². The second-order valence-corrected chi connectivity index (χ2v) is 5.99. The molecule has 130 valence electrons. The van der Waals surface area contributed by atoms with Crippen molar-refractivity contribution in [2.45, 2.75) is 19.9 Å². The minimum Gasteiger partial charge on any atom is -0.494 e. The number of aliphatic imine (C=N–C) groups is 1. The Kier molecular flexibility index (Phi) is 5.84. The molecule has 2 aromatic carbocycles. The van der Waals surface area contributed by atoms with Crippen LogP contribution in [0, 0.1) is 11.3 Å². The number of nitriles is 1. The minimum absolute atomic E-state index is 0.600. The van der Waals surface area contributed by atoms with Gasteiger partial charge >= 0.3 is 0 Å². The van der Waals surface area contributed by atoms with Gasteiger partial charge in [0.2, 0.25) is 0 Å². The fraction of sp³-hybridized carbons (Fsp3) is 0.182. The van der Waals surface area contributed by atoms with Crippen LogP contribution in [0.2, 0.25) is 0 Å². The monoisotopic (exact) mass is 343 g/mol. The van der Waals surface area contributed by atoms with Gasteiger partial charge < -0.3 is 9.64 Å². The first-order valence-corrected chi connectivity index (χ1v) is 8.65. The third kappa shape index (κ3) is 4.84. The van der Waals surface area contributed by atoms with E-state index in [-0.39, 0.29) is 0 Å². The van der Waals surface area contributed by atoms with E-state index < -0.39 is 0 Å². The van der Waals surface area contributed by atoms with E-state index in [1.807, 2.05) is 72.9 Å². The van der Waals surface area contributed by atoms with E-state index >= 15 is 0 Å². The van der Waals surface area contributed by atoms with E-state index in [0.717, 1.165) is 29.1 Å². The molecule has 1 aliphatic rings. The maximum atomic E-state index is 9.33. The summed E-state index contributed by atoms with van der Waals surface area (Å²) in [5, 5.41) is 9.33. The van der Waals surface area contributed by atoms with Crippen LogP contribution >= 0.6 is 0 Å². The fourth-order valence-electron chi connectivity index (χ4n) is 2.75. The minimum atomic E-state index is 0.600. The smallest absolute Gasteiger partial charge is 0.119 e. The summed E-state index contributed by atoms with van der Waals surface area (Å²) >= 11 is 0. The molecule has 0 saturated carbocycles. The van der Waals surface area contributed by atoms with Gasteiger partial charge in [-0.25, -0.2) is 0 Å². The summed E-state index contributed by atoms with van der Waals surface area (Å²) in [4.78, 5) is 6.57. The van der Waals surface area contributed by atoms with E-state index in [1.165, 1.54) is 5.56 Å². The van der Waals surface area contributed by atoms with Gasteiger partial charge in [-0.15, -0.1) is 0 Å². The summed E-state index contributed by atoms with van der Waals surface area (Å²) in [5.41, 5.74) is 3.80. The molecule has 0 saturated heterocycles.